The first-order valence-electron chi connectivity index (χ1n) is 8.45. The largest absolute Gasteiger partial charge is 0.301 e. The number of likely N-dealkylation sites (tertiary alicyclic amines) is 1. The lowest BCUT2D eigenvalue weighted by Crippen LogP contribution is -2.46. The molecule has 21 heavy (non-hydrogen) atoms. The van der Waals surface area contributed by atoms with Gasteiger partial charge < -0.3 is 5.32 Å². The van der Waals surface area contributed by atoms with E-state index in [1.165, 1.54) is 55.9 Å². The third-order valence-corrected chi connectivity index (χ3v) is 6.15. The molecule has 2 saturated carbocycles. The molecule has 3 fully saturated rings. The van der Waals surface area contributed by atoms with Gasteiger partial charge in [0, 0.05) is 36.0 Å². The van der Waals surface area contributed by atoms with Crippen molar-refractivity contribution in [3.8, 4) is 0 Å². The van der Waals surface area contributed by atoms with Crippen LogP contribution in [0.2, 0.25) is 0 Å². The predicted molar refractivity (Wildman–Crippen MR) is 87.9 cm³/mol. The van der Waals surface area contributed by atoms with Crippen molar-refractivity contribution < 1.29 is 0 Å². The van der Waals surface area contributed by atoms with E-state index < -0.39 is 0 Å². The highest BCUT2D eigenvalue weighted by Crippen LogP contribution is 2.42. The van der Waals surface area contributed by atoms with Crippen LogP contribution in [0, 0.1) is 0 Å². The molecular weight excluding hydrogens is 278 g/mol. The standard InChI is InChI=1S/C17H27N3S/c1-16(2,3)14-10-21-15(18-14)17(19-12-4-5-12)8-9-20(11-17)13-6-7-13/h10,12-13,19H,4-9,11H2,1-3H3. The van der Waals surface area contributed by atoms with E-state index >= 15 is 0 Å². The third kappa shape index (κ3) is 2.78. The molecule has 0 amide bonds. The first-order chi connectivity index (χ1) is 9.96. The summed E-state index contributed by atoms with van der Waals surface area (Å²) in [5.41, 5.74) is 1.55. The van der Waals surface area contributed by atoms with Gasteiger partial charge in [-0.05, 0) is 32.1 Å². The Hall–Kier alpha value is -0.450. The first kappa shape index (κ1) is 14.2. The Balaban J connectivity index is 1.61. The molecule has 1 aliphatic heterocycles. The molecule has 1 aromatic rings. The van der Waals surface area contributed by atoms with Crippen molar-refractivity contribution in [2.75, 3.05) is 13.1 Å². The van der Waals surface area contributed by atoms with Crippen molar-refractivity contribution in [2.24, 2.45) is 0 Å². The van der Waals surface area contributed by atoms with Gasteiger partial charge in [-0.15, -0.1) is 11.3 Å². The van der Waals surface area contributed by atoms with E-state index in [0.717, 1.165) is 12.1 Å². The molecule has 1 aromatic heterocycles. The highest BCUT2D eigenvalue weighted by molar-refractivity contribution is 7.09. The van der Waals surface area contributed by atoms with Gasteiger partial charge in [0.25, 0.3) is 0 Å². The van der Waals surface area contributed by atoms with Gasteiger partial charge in [-0.1, -0.05) is 20.8 Å². The highest BCUT2D eigenvalue weighted by Gasteiger charge is 2.48. The predicted octanol–water partition coefficient (Wildman–Crippen LogP) is 3.26. The van der Waals surface area contributed by atoms with E-state index in [9.17, 15) is 0 Å². The van der Waals surface area contributed by atoms with Gasteiger partial charge in [-0.2, -0.15) is 0 Å². The molecule has 1 atom stereocenters. The van der Waals surface area contributed by atoms with Crippen molar-refractivity contribution in [1.82, 2.24) is 15.2 Å². The van der Waals surface area contributed by atoms with E-state index in [4.69, 9.17) is 4.98 Å². The molecule has 2 aliphatic carbocycles. The van der Waals surface area contributed by atoms with E-state index in [0.29, 0.717) is 0 Å². The Morgan fingerprint density at radius 3 is 2.62 bits per heavy atom. The summed E-state index contributed by atoms with van der Waals surface area (Å²) in [4.78, 5) is 7.76. The molecule has 1 saturated heterocycles. The summed E-state index contributed by atoms with van der Waals surface area (Å²) < 4.78 is 0. The Morgan fingerprint density at radius 2 is 2.05 bits per heavy atom. The fraction of sp³-hybridized carbons (Fsp3) is 0.824. The summed E-state index contributed by atoms with van der Waals surface area (Å²) in [5.74, 6) is 0. The van der Waals surface area contributed by atoms with Crippen LogP contribution in [0.25, 0.3) is 0 Å². The summed E-state index contributed by atoms with van der Waals surface area (Å²) in [6, 6.07) is 1.61. The van der Waals surface area contributed by atoms with Gasteiger partial charge in [0.05, 0.1) is 11.2 Å². The molecule has 1 N–H and O–H groups in total. The molecule has 0 spiro atoms. The molecule has 0 aromatic carbocycles. The SMILES string of the molecule is CC(C)(C)c1csc(C2(NC3CC3)CCN(C3CC3)C2)n1. The molecule has 4 rings (SSSR count). The number of thiazole rings is 1. The van der Waals surface area contributed by atoms with Gasteiger partial charge in [-0.25, -0.2) is 4.98 Å². The monoisotopic (exact) mass is 305 g/mol. The smallest absolute Gasteiger partial charge is 0.114 e. The van der Waals surface area contributed by atoms with Crippen LogP contribution in [0.3, 0.4) is 0 Å². The lowest BCUT2D eigenvalue weighted by molar-refractivity contribution is 0.271. The van der Waals surface area contributed by atoms with E-state index in [1.54, 1.807) is 0 Å². The second kappa shape index (κ2) is 4.77. The van der Waals surface area contributed by atoms with Crippen molar-refractivity contribution in [2.45, 2.75) is 75.9 Å². The van der Waals surface area contributed by atoms with Gasteiger partial charge in [0.1, 0.15) is 5.01 Å². The normalized spacial score (nSPS) is 31.0. The number of hydrogen-bond donors (Lipinski definition) is 1. The summed E-state index contributed by atoms with van der Waals surface area (Å²) in [7, 11) is 0. The zero-order valence-corrected chi connectivity index (χ0v) is 14.3. The number of hydrogen-bond acceptors (Lipinski definition) is 4. The molecule has 0 bridgehead atoms. The van der Waals surface area contributed by atoms with Gasteiger partial charge in [-0.3, -0.25) is 4.90 Å². The van der Waals surface area contributed by atoms with Crippen LogP contribution in [0.4, 0.5) is 0 Å². The van der Waals surface area contributed by atoms with E-state index in [2.05, 4.69) is 36.4 Å². The molecule has 3 aliphatic rings. The minimum atomic E-state index is 0.137. The maximum atomic E-state index is 5.06. The molecule has 116 valence electrons. The molecule has 4 heteroatoms. The lowest BCUT2D eigenvalue weighted by atomic mass is 9.93. The van der Waals surface area contributed by atoms with Gasteiger partial charge in [0.15, 0.2) is 0 Å². The van der Waals surface area contributed by atoms with Crippen molar-refractivity contribution in [3.05, 3.63) is 16.1 Å². The Morgan fingerprint density at radius 1 is 1.29 bits per heavy atom. The number of rotatable bonds is 4. The summed E-state index contributed by atoms with van der Waals surface area (Å²) >= 11 is 1.88. The van der Waals surface area contributed by atoms with Crippen molar-refractivity contribution in [1.29, 1.82) is 0 Å². The quantitative estimate of drug-likeness (QED) is 0.925. The average molecular weight is 305 g/mol. The second-order valence-electron chi connectivity index (χ2n) is 8.24. The van der Waals surface area contributed by atoms with Gasteiger partial charge >= 0.3 is 0 Å². The van der Waals surface area contributed by atoms with E-state index in [1.807, 2.05) is 11.3 Å². The number of nitrogens with one attached hydrogen (secondary N) is 1. The summed E-state index contributed by atoms with van der Waals surface area (Å²) in [6.45, 7) is 9.20. The minimum Gasteiger partial charge on any atom is -0.301 e. The minimum absolute atomic E-state index is 0.137. The van der Waals surface area contributed by atoms with E-state index in [-0.39, 0.29) is 11.0 Å². The molecule has 0 radical (unpaired) electrons. The topological polar surface area (TPSA) is 28.2 Å². The molecule has 2 heterocycles. The second-order valence-corrected chi connectivity index (χ2v) is 9.10. The summed E-state index contributed by atoms with van der Waals surface area (Å²) in [5, 5.41) is 7.59. The summed E-state index contributed by atoms with van der Waals surface area (Å²) in [6.07, 6.45) is 6.75. The van der Waals surface area contributed by atoms with Crippen LogP contribution in [0.1, 0.15) is 63.6 Å². The first-order valence-corrected chi connectivity index (χ1v) is 9.32. The van der Waals surface area contributed by atoms with Crippen molar-refractivity contribution in [3.63, 3.8) is 0 Å². The molecular formula is C17H27N3S. The zero-order chi connectivity index (χ0) is 14.7. The number of aromatic nitrogens is 1. The Labute approximate surface area is 132 Å². The van der Waals surface area contributed by atoms with Crippen molar-refractivity contribution >= 4 is 11.3 Å². The molecule has 1 unspecified atom stereocenters. The van der Waals surface area contributed by atoms with Crippen LogP contribution < -0.4 is 5.32 Å². The Kier molecular flexibility index (Phi) is 3.22. The average Bonchev–Trinajstić information content (AvgIpc) is 3.31. The zero-order valence-electron chi connectivity index (χ0n) is 13.5. The van der Waals surface area contributed by atoms with Crippen LogP contribution in [0.5, 0.6) is 0 Å². The van der Waals surface area contributed by atoms with Crippen LogP contribution >= 0.6 is 11.3 Å². The maximum Gasteiger partial charge on any atom is 0.114 e. The van der Waals surface area contributed by atoms with Crippen LogP contribution in [0.15, 0.2) is 5.38 Å². The lowest BCUT2D eigenvalue weighted by Gasteiger charge is -2.29. The Bertz CT molecular complexity index is 524. The highest BCUT2D eigenvalue weighted by atomic mass is 32.1. The third-order valence-electron chi connectivity index (χ3n) is 5.10. The fourth-order valence-electron chi connectivity index (χ4n) is 3.40. The fourth-order valence-corrected chi connectivity index (χ4v) is 4.63. The number of nitrogens with zero attached hydrogens (tertiary/aromatic N) is 2. The van der Waals surface area contributed by atoms with Gasteiger partial charge in [0.2, 0.25) is 0 Å². The van der Waals surface area contributed by atoms with Crippen LogP contribution in [-0.2, 0) is 11.0 Å². The molecule has 3 nitrogen and oxygen atoms in total. The van der Waals surface area contributed by atoms with Crippen LogP contribution in [-0.4, -0.2) is 35.1 Å². The maximum absolute atomic E-state index is 5.06.